The minimum absolute atomic E-state index is 0.281. The first-order valence-corrected chi connectivity index (χ1v) is 5.96. The average Bonchev–Trinajstić information content (AvgIpc) is 2.35. The molecule has 0 bridgehead atoms. The topological polar surface area (TPSA) is 49.5 Å². The molecule has 0 saturated carbocycles. The number of anilines is 1. The molecule has 0 saturated heterocycles. The summed E-state index contributed by atoms with van der Waals surface area (Å²) in [5.74, 6) is 0. The molecule has 1 aromatic carbocycles. The molecule has 3 heteroatoms. The van der Waals surface area contributed by atoms with E-state index in [1.165, 1.54) is 5.69 Å². The molecule has 0 aliphatic heterocycles. The Morgan fingerprint density at radius 2 is 1.88 bits per heavy atom. The van der Waals surface area contributed by atoms with E-state index in [9.17, 15) is 0 Å². The van der Waals surface area contributed by atoms with E-state index in [4.69, 9.17) is 10.8 Å². The second-order valence-electron chi connectivity index (χ2n) is 3.88. The summed E-state index contributed by atoms with van der Waals surface area (Å²) in [7, 11) is 0. The van der Waals surface area contributed by atoms with Gasteiger partial charge in [-0.2, -0.15) is 0 Å². The van der Waals surface area contributed by atoms with Gasteiger partial charge in [-0.15, -0.1) is 0 Å². The number of rotatable bonds is 7. The number of nitrogens with zero attached hydrogens (tertiary/aromatic N) is 1. The van der Waals surface area contributed by atoms with Crippen LogP contribution in [0.5, 0.6) is 0 Å². The first-order valence-electron chi connectivity index (χ1n) is 5.96. The van der Waals surface area contributed by atoms with Gasteiger partial charge in [-0.25, -0.2) is 0 Å². The van der Waals surface area contributed by atoms with Gasteiger partial charge < -0.3 is 15.7 Å². The number of benzene rings is 1. The number of aliphatic hydroxyl groups is 1. The van der Waals surface area contributed by atoms with E-state index in [1.807, 2.05) is 0 Å². The molecule has 0 amide bonds. The Hall–Kier alpha value is -1.06. The normalized spacial score (nSPS) is 10.4. The number of hydrogen-bond donors (Lipinski definition) is 2. The first kappa shape index (κ1) is 13.0. The molecule has 90 valence electrons. The van der Waals surface area contributed by atoms with Crippen LogP contribution in [0.25, 0.3) is 0 Å². The van der Waals surface area contributed by atoms with Gasteiger partial charge >= 0.3 is 0 Å². The maximum Gasteiger partial charge on any atom is 0.0431 e. The highest BCUT2D eigenvalue weighted by atomic mass is 16.2. The summed E-state index contributed by atoms with van der Waals surface area (Å²) in [6.07, 6.45) is 1.90. The van der Waals surface area contributed by atoms with E-state index in [2.05, 4.69) is 36.1 Å². The van der Waals surface area contributed by atoms with Gasteiger partial charge in [-0.05, 0) is 37.5 Å². The molecule has 0 radical (unpaired) electrons. The summed E-state index contributed by atoms with van der Waals surface area (Å²) in [6.45, 7) is 5.02. The zero-order chi connectivity index (χ0) is 11.8. The standard InChI is InChI=1S/C13H22N2O/c1-2-15(9-3-4-10-16)13-7-5-12(11-14)6-8-13/h5-8,16H,2-4,9-11,14H2,1H3. The summed E-state index contributed by atoms with van der Waals surface area (Å²) in [5.41, 5.74) is 7.96. The van der Waals surface area contributed by atoms with Gasteiger partial charge in [-0.1, -0.05) is 12.1 Å². The Labute approximate surface area is 97.9 Å². The summed E-state index contributed by atoms with van der Waals surface area (Å²) in [4.78, 5) is 2.32. The van der Waals surface area contributed by atoms with Gasteiger partial charge in [0.2, 0.25) is 0 Å². The second kappa shape index (κ2) is 7.25. The van der Waals surface area contributed by atoms with Crippen LogP contribution in [-0.4, -0.2) is 24.8 Å². The molecule has 1 aromatic rings. The lowest BCUT2D eigenvalue weighted by molar-refractivity contribution is 0.285. The highest BCUT2D eigenvalue weighted by Gasteiger charge is 2.03. The Morgan fingerprint density at radius 1 is 1.19 bits per heavy atom. The van der Waals surface area contributed by atoms with Gasteiger partial charge in [0.25, 0.3) is 0 Å². The summed E-state index contributed by atoms with van der Waals surface area (Å²) < 4.78 is 0. The SMILES string of the molecule is CCN(CCCCO)c1ccc(CN)cc1. The molecule has 3 N–H and O–H groups in total. The molecule has 3 nitrogen and oxygen atoms in total. The molecule has 16 heavy (non-hydrogen) atoms. The molecular formula is C13H22N2O. The molecule has 0 aliphatic rings. The Kier molecular flexibility index (Phi) is 5.90. The zero-order valence-electron chi connectivity index (χ0n) is 10.0. The molecule has 0 aromatic heterocycles. The quantitative estimate of drug-likeness (QED) is 0.691. The van der Waals surface area contributed by atoms with Crippen molar-refractivity contribution in [3.8, 4) is 0 Å². The van der Waals surface area contributed by atoms with Crippen molar-refractivity contribution in [3.63, 3.8) is 0 Å². The molecule has 0 spiro atoms. The molecule has 0 fully saturated rings. The lowest BCUT2D eigenvalue weighted by Crippen LogP contribution is -2.24. The van der Waals surface area contributed by atoms with Crippen molar-refractivity contribution in [1.82, 2.24) is 0 Å². The highest BCUT2D eigenvalue weighted by Crippen LogP contribution is 2.15. The van der Waals surface area contributed by atoms with Crippen LogP contribution in [0.3, 0.4) is 0 Å². The summed E-state index contributed by atoms with van der Waals surface area (Å²) in [6, 6.07) is 8.38. The minimum Gasteiger partial charge on any atom is -0.396 e. The number of unbranched alkanes of at least 4 members (excludes halogenated alkanes) is 1. The molecule has 1 rings (SSSR count). The van der Waals surface area contributed by atoms with E-state index in [0.717, 1.165) is 31.5 Å². The van der Waals surface area contributed by atoms with Crippen molar-refractivity contribution in [3.05, 3.63) is 29.8 Å². The maximum atomic E-state index is 8.76. The van der Waals surface area contributed by atoms with Crippen LogP contribution < -0.4 is 10.6 Å². The molecule has 0 unspecified atom stereocenters. The van der Waals surface area contributed by atoms with Gasteiger partial charge in [0, 0.05) is 31.9 Å². The van der Waals surface area contributed by atoms with Crippen molar-refractivity contribution in [2.24, 2.45) is 5.73 Å². The zero-order valence-corrected chi connectivity index (χ0v) is 10.0. The third-order valence-electron chi connectivity index (χ3n) is 2.76. The van der Waals surface area contributed by atoms with E-state index < -0.39 is 0 Å². The van der Waals surface area contributed by atoms with Gasteiger partial charge in [0.05, 0.1) is 0 Å². The molecular weight excluding hydrogens is 200 g/mol. The van der Waals surface area contributed by atoms with E-state index >= 15 is 0 Å². The maximum absolute atomic E-state index is 8.76. The Balaban J connectivity index is 2.56. The smallest absolute Gasteiger partial charge is 0.0431 e. The molecule has 0 heterocycles. The lowest BCUT2D eigenvalue weighted by atomic mass is 10.2. The van der Waals surface area contributed by atoms with Crippen molar-refractivity contribution >= 4 is 5.69 Å². The Bertz CT molecular complexity index is 284. The van der Waals surface area contributed by atoms with Crippen LogP contribution in [-0.2, 0) is 6.54 Å². The largest absolute Gasteiger partial charge is 0.396 e. The van der Waals surface area contributed by atoms with Crippen LogP contribution >= 0.6 is 0 Å². The fraction of sp³-hybridized carbons (Fsp3) is 0.538. The minimum atomic E-state index is 0.281. The van der Waals surface area contributed by atoms with Gasteiger partial charge in [-0.3, -0.25) is 0 Å². The number of nitrogens with two attached hydrogens (primary N) is 1. The average molecular weight is 222 g/mol. The van der Waals surface area contributed by atoms with Crippen molar-refractivity contribution < 1.29 is 5.11 Å². The van der Waals surface area contributed by atoms with Crippen LogP contribution in [0.15, 0.2) is 24.3 Å². The highest BCUT2D eigenvalue weighted by molar-refractivity contribution is 5.47. The van der Waals surface area contributed by atoms with E-state index in [0.29, 0.717) is 6.54 Å². The fourth-order valence-corrected chi connectivity index (χ4v) is 1.73. The van der Waals surface area contributed by atoms with Crippen LogP contribution in [0.4, 0.5) is 5.69 Å². The van der Waals surface area contributed by atoms with Gasteiger partial charge in [0.1, 0.15) is 0 Å². The summed E-state index contributed by atoms with van der Waals surface area (Å²) in [5, 5.41) is 8.76. The van der Waals surface area contributed by atoms with Crippen molar-refractivity contribution in [1.29, 1.82) is 0 Å². The fourth-order valence-electron chi connectivity index (χ4n) is 1.73. The second-order valence-corrected chi connectivity index (χ2v) is 3.88. The first-order chi connectivity index (χ1) is 7.81. The van der Waals surface area contributed by atoms with Crippen molar-refractivity contribution in [2.75, 3.05) is 24.6 Å². The van der Waals surface area contributed by atoms with Crippen molar-refractivity contribution in [2.45, 2.75) is 26.3 Å². The predicted molar refractivity (Wildman–Crippen MR) is 68.5 cm³/mol. The van der Waals surface area contributed by atoms with E-state index in [1.54, 1.807) is 0 Å². The predicted octanol–water partition coefficient (Wildman–Crippen LogP) is 1.74. The van der Waals surface area contributed by atoms with Crippen LogP contribution in [0.2, 0.25) is 0 Å². The lowest BCUT2D eigenvalue weighted by Gasteiger charge is -2.23. The van der Waals surface area contributed by atoms with E-state index in [-0.39, 0.29) is 6.61 Å². The third-order valence-corrected chi connectivity index (χ3v) is 2.76. The molecule has 0 aliphatic carbocycles. The monoisotopic (exact) mass is 222 g/mol. The molecule has 0 atom stereocenters. The van der Waals surface area contributed by atoms with Crippen LogP contribution in [0.1, 0.15) is 25.3 Å². The number of hydrogen-bond acceptors (Lipinski definition) is 3. The summed E-state index contributed by atoms with van der Waals surface area (Å²) >= 11 is 0. The third kappa shape index (κ3) is 3.83. The van der Waals surface area contributed by atoms with Crippen LogP contribution in [0, 0.1) is 0 Å². The number of aliphatic hydroxyl groups excluding tert-OH is 1. The Morgan fingerprint density at radius 3 is 2.38 bits per heavy atom. The van der Waals surface area contributed by atoms with Gasteiger partial charge in [0.15, 0.2) is 0 Å².